The fraction of sp³-hybridized carbons (Fsp3) is 0.0551. The third kappa shape index (κ3) is 12.5. The normalized spacial score (nSPS) is 12.9. The summed E-state index contributed by atoms with van der Waals surface area (Å²) in [5.74, 6) is 0. The van der Waals surface area contributed by atoms with Crippen LogP contribution < -0.4 is 9.80 Å². The summed E-state index contributed by atoms with van der Waals surface area (Å²) in [6, 6.07) is 155. The summed E-state index contributed by atoms with van der Waals surface area (Å²) >= 11 is 5.69. The molecule has 0 spiro atoms. The Morgan fingerprint density at radius 3 is 0.859 bits per heavy atom. The third-order valence-electron chi connectivity index (χ3n) is 28.7. The minimum absolute atomic E-state index is 0. The molecule has 2 aliphatic carbocycles. The van der Waals surface area contributed by atoms with E-state index in [-0.39, 0.29) is 18.3 Å². The molecule has 0 radical (unpaired) electrons. The summed E-state index contributed by atoms with van der Waals surface area (Å²) in [5, 5.41) is 14.7. The maximum absolute atomic E-state index is 7.01. The number of furan rings is 3. The van der Waals surface area contributed by atoms with Gasteiger partial charge in [0.25, 0.3) is 0 Å². The molecule has 0 aliphatic heterocycles. The highest BCUT2D eigenvalue weighted by Gasteiger charge is 2.39. The molecule has 0 fully saturated rings. The van der Waals surface area contributed by atoms with Gasteiger partial charge in [-0.05, 0) is 181 Å². The van der Waals surface area contributed by atoms with Crippen molar-refractivity contribution in [3.63, 3.8) is 0 Å². The minimum atomic E-state index is -0.0971. The predicted octanol–water partition coefficient (Wildman–Crippen LogP) is 38.4. The number of rotatable bonds is 12. The van der Waals surface area contributed by atoms with Crippen LogP contribution in [-0.4, -0.2) is 0 Å². The van der Waals surface area contributed by atoms with Crippen molar-refractivity contribution in [2.24, 2.45) is 0 Å². The van der Waals surface area contributed by atoms with Gasteiger partial charge >= 0.3 is 0 Å². The first-order chi connectivity index (χ1) is 65.9. The zero-order valence-electron chi connectivity index (χ0n) is 73.8. The van der Waals surface area contributed by atoms with Gasteiger partial charge in [-0.1, -0.05) is 363 Å². The first kappa shape index (κ1) is 80.0. The number of anilines is 6. The van der Waals surface area contributed by atoms with E-state index in [0.29, 0.717) is 0 Å². The molecule has 0 bridgehead atoms. The molecular weight excluding hydrogens is 1700 g/mol. The van der Waals surface area contributed by atoms with Crippen LogP contribution in [0.5, 0.6) is 0 Å². The molecule has 20 aromatic carbocycles. The molecule has 26 aromatic rings. The Balaban J connectivity index is 0.000000139. The summed E-state index contributed by atoms with van der Waals surface area (Å²) in [6.45, 7) is 9.37. The smallest absolute Gasteiger partial charge is 0.143 e. The van der Waals surface area contributed by atoms with E-state index in [2.05, 4.69) is 438 Å². The highest BCUT2D eigenvalue weighted by molar-refractivity contribution is 7.27. The fourth-order valence-electron chi connectivity index (χ4n) is 22.1. The Morgan fingerprint density at radius 2 is 0.452 bits per heavy atom. The molecule has 6 aromatic heterocycles. The predicted molar refractivity (Wildman–Crippen MR) is 577 cm³/mol. The topological polar surface area (TPSA) is 45.9 Å². The van der Waals surface area contributed by atoms with Crippen LogP contribution in [0.15, 0.2) is 438 Å². The SMILES string of the molecule is C.CC1(C)c2ccccc2-c2c1ccc1c2oc2c(-c3ccc(N(c4ccc(-c5cccc6c5oc5ccccc56)cc4)c4ccc(-c5cccc6c5sc5ccccc56)cc4)cc3)cccc21.CC1(C)c2ccccc2-c2c1ccc1c2sc2c(-c3ccc(N(c4ccc(-c5cccc6c5oc5ccccc56)cc4)c4ccc(-c5cccc6c5sc5ccccc56)cc4)cc3)cccc21. The Kier molecular flexibility index (Phi) is 18.4. The first-order valence-electron chi connectivity index (χ1n) is 46.0. The number of fused-ring (bicyclic) bond motifs is 26. The van der Waals surface area contributed by atoms with Gasteiger partial charge in [0.05, 0.1) is 0 Å². The zero-order valence-corrected chi connectivity index (χ0v) is 76.2. The number of benzene rings is 20. The molecule has 0 saturated carbocycles. The summed E-state index contributed by atoms with van der Waals surface area (Å²) < 4.78 is 27.9. The standard InChI is InChI=1S/C63H41NO2S.C63H41NOS2.CH4/c1-63(2)54-21-6-3-14-53(54)58-55(63)37-36-51-50-19-10-16-45(60(50)66-61(51)58)39-26-32-42(33-27-39)64(41-30-24-38(25-31-41)44-15-9-18-49-47-12-4-7-22-56(47)65-59(44)49)43-34-28-40(29-35-43)46-17-11-20-52-48-13-5-8-23-57(48)67-62(46)52;1-63(2)54-21-6-3-14-53(54)58-55(63)37-36-52-51-20-11-17-46(61(51)67-62(52)58)40-28-34-43(35-29-40)64(41-30-24-38(25-31-41)44-15-9-18-49-47-12-4-7-22-56(47)65-59(44)49)42-32-26-39(27-33-42)45-16-10-19-50-48-13-5-8-23-57(48)66-60(45)50;/h2*3-37H,1-2H3;1H4. The lowest BCUT2D eigenvalue weighted by atomic mass is 9.82. The lowest BCUT2D eigenvalue weighted by Gasteiger charge is -2.26. The monoisotopic (exact) mass is 1780 g/mol. The Hall–Kier alpha value is -15.9. The van der Waals surface area contributed by atoms with E-state index in [0.717, 1.165) is 133 Å². The van der Waals surface area contributed by atoms with Gasteiger partial charge in [0, 0.05) is 166 Å². The minimum Gasteiger partial charge on any atom is -0.455 e. The van der Waals surface area contributed by atoms with E-state index < -0.39 is 0 Å². The van der Waals surface area contributed by atoms with Gasteiger partial charge in [-0.25, -0.2) is 0 Å². The molecule has 8 heteroatoms. The maximum atomic E-state index is 7.01. The Morgan fingerprint density at radius 1 is 0.185 bits per heavy atom. The molecule has 135 heavy (non-hydrogen) atoms. The van der Waals surface area contributed by atoms with Crippen molar-refractivity contribution in [1.82, 2.24) is 0 Å². The van der Waals surface area contributed by atoms with E-state index in [1.807, 2.05) is 58.3 Å². The molecular formula is C127H86N2O3S3. The zero-order chi connectivity index (χ0) is 88.8. The van der Waals surface area contributed by atoms with Crippen LogP contribution in [0.3, 0.4) is 0 Å². The van der Waals surface area contributed by atoms with Crippen molar-refractivity contribution >= 4 is 194 Å². The Labute approximate surface area is 793 Å². The summed E-state index contributed by atoms with van der Waals surface area (Å²) in [5.41, 5.74) is 36.6. The van der Waals surface area contributed by atoms with Crippen LogP contribution in [0.2, 0.25) is 0 Å². The van der Waals surface area contributed by atoms with E-state index in [4.69, 9.17) is 13.3 Å². The second-order valence-corrected chi connectivity index (χ2v) is 39.8. The number of thiophene rings is 3. The van der Waals surface area contributed by atoms with Crippen LogP contribution in [0.4, 0.5) is 34.1 Å². The Bertz CT molecular complexity index is 8450. The lowest BCUT2D eigenvalue weighted by molar-refractivity contribution is 0.653. The van der Waals surface area contributed by atoms with Crippen molar-refractivity contribution in [2.45, 2.75) is 46.0 Å². The molecule has 0 saturated heterocycles. The van der Waals surface area contributed by atoms with E-state index in [1.54, 1.807) is 0 Å². The molecule has 28 rings (SSSR count). The highest BCUT2D eigenvalue weighted by atomic mass is 32.1. The van der Waals surface area contributed by atoms with Gasteiger partial charge in [0.2, 0.25) is 0 Å². The molecule has 5 nitrogen and oxygen atoms in total. The van der Waals surface area contributed by atoms with Crippen LogP contribution in [0, 0.1) is 0 Å². The average Bonchev–Trinajstić information content (AvgIpc) is 1.55. The van der Waals surface area contributed by atoms with E-state index >= 15 is 0 Å². The second-order valence-electron chi connectivity index (χ2n) is 36.7. The van der Waals surface area contributed by atoms with Crippen LogP contribution in [0.1, 0.15) is 57.4 Å². The highest BCUT2D eigenvalue weighted by Crippen LogP contribution is 2.58. The molecule has 0 unspecified atom stereocenters. The molecule has 640 valence electrons. The quantitative estimate of drug-likeness (QED) is 0.122. The van der Waals surface area contributed by atoms with Gasteiger partial charge in [-0.2, -0.15) is 0 Å². The maximum Gasteiger partial charge on any atom is 0.143 e. The van der Waals surface area contributed by atoms with Crippen molar-refractivity contribution < 1.29 is 13.3 Å². The van der Waals surface area contributed by atoms with Crippen molar-refractivity contribution in [3.8, 4) is 89.0 Å². The van der Waals surface area contributed by atoms with Crippen molar-refractivity contribution in [2.75, 3.05) is 9.80 Å². The molecule has 0 N–H and O–H groups in total. The van der Waals surface area contributed by atoms with Gasteiger partial charge in [-0.3, -0.25) is 0 Å². The summed E-state index contributed by atoms with van der Waals surface area (Å²) in [6.07, 6.45) is 0. The van der Waals surface area contributed by atoms with Crippen molar-refractivity contribution in [1.29, 1.82) is 0 Å². The second kappa shape index (κ2) is 31.1. The molecule has 0 amide bonds. The molecule has 2 aliphatic rings. The number of para-hydroxylation sites is 5. The van der Waals surface area contributed by atoms with Gasteiger partial charge in [0.1, 0.15) is 33.5 Å². The fourth-order valence-corrected chi connectivity index (χ4v) is 25.9. The van der Waals surface area contributed by atoms with E-state index in [9.17, 15) is 0 Å². The van der Waals surface area contributed by atoms with E-state index in [1.165, 1.54) is 138 Å². The molecule has 6 heterocycles. The van der Waals surface area contributed by atoms with Crippen LogP contribution in [0.25, 0.3) is 215 Å². The van der Waals surface area contributed by atoms with Crippen LogP contribution in [-0.2, 0) is 10.8 Å². The van der Waals surface area contributed by atoms with Gasteiger partial charge in [0.15, 0.2) is 0 Å². The number of hydrogen-bond donors (Lipinski definition) is 0. The van der Waals surface area contributed by atoms with Gasteiger partial charge in [-0.15, -0.1) is 34.0 Å². The van der Waals surface area contributed by atoms with Crippen molar-refractivity contribution in [3.05, 3.63) is 447 Å². The average molecular weight is 1780 g/mol. The first-order valence-corrected chi connectivity index (χ1v) is 48.4. The largest absolute Gasteiger partial charge is 0.455 e. The lowest BCUT2D eigenvalue weighted by Crippen LogP contribution is -2.14. The summed E-state index contributed by atoms with van der Waals surface area (Å²) in [4.78, 5) is 4.73. The summed E-state index contributed by atoms with van der Waals surface area (Å²) in [7, 11) is 0. The number of hydrogen-bond acceptors (Lipinski definition) is 8. The third-order valence-corrected chi connectivity index (χ3v) is 32.4. The molecule has 0 atom stereocenters. The number of nitrogens with zero attached hydrogens (tertiary/aromatic N) is 2. The van der Waals surface area contributed by atoms with Gasteiger partial charge < -0.3 is 23.1 Å². The van der Waals surface area contributed by atoms with Crippen LogP contribution >= 0.6 is 34.0 Å².